The summed E-state index contributed by atoms with van der Waals surface area (Å²) in [6.07, 6.45) is 3.09. The van der Waals surface area contributed by atoms with Gasteiger partial charge in [-0.1, -0.05) is 28.9 Å². The van der Waals surface area contributed by atoms with E-state index in [0.717, 1.165) is 32.4 Å². The van der Waals surface area contributed by atoms with Crippen LogP contribution in [0.1, 0.15) is 35.5 Å². The number of para-hydroxylation sites is 1. The van der Waals surface area contributed by atoms with E-state index in [4.69, 9.17) is 16.1 Å². The minimum Gasteiger partial charge on any atom is -0.370 e. The van der Waals surface area contributed by atoms with Crippen LogP contribution in [0.5, 0.6) is 0 Å². The molecule has 1 amide bonds. The number of aromatic nitrogens is 1. The minimum absolute atomic E-state index is 0.0428. The van der Waals surface area contributed by atoms with E-state index in [1.807, 2.05) is 0 Å². The first-order chi connectivity index (χ1) is 15.3. The molecule has 0 saturated carbocycles. The zero-order valence-corrected chi connectivity index (χ0v) is 19.0. The Hall–Kier alpha value is -3.04. The summed E-state index contributed by atoms with van der Waals surface area (Å²) in [7, 11) is -4.00. The lowest BCUT2D eigenvalue weighted by atomic mass is 10.1. The molecule has 0 radical (unpaired) electrons. The summed E-state index contributed by atoms with van der Waals surface area (Å²) in [5.74, 6) is -0.472. The zero-order valence-electron chi connectivity index (χ0n) is 17.5. The van der Waals surface area contributed by atoms with Gasteiger partial charge in [0, 0.05) is 24.8 Å². The molecular formula is C22H23ClN4O4S. The largest absolute Gasteiger partial charge is 0.370 e. The Morgan fingerprint density at radius 1 is 1.09 bits per heavy atom. The van der Waals surface area contributed by atoms with E-state index in [0.29, 0.717) is 22.1 Å². The van der Waals surface area contributed by atoms with E-state index < -0.39 is 15.9 Å². The van der Waals surface area contributed by atoms with E-state index >= 15 is 0 Å². The monoisotopic (exact) mass is 474 g/mol. The van der Waals surface area contributed by atoms with Crippen molar-refractivity contribution in [1.29, 1.82) is 0 Å². The molecule has 0 unspecified atom stereocenters. The molecular weight excluding hydrogens is 452 g/mol. The number of hydrogen-bond acceptors (Lipinski definition) is 6. The van der Waals surface area contributed by atoms with E-state index in [2.05, 4.69) is 20.1 Å². The van der Waals surface area contributed by atoms with Gasteiger partial charge in [-0.15, -0.1) is 0 Å². The van der Waals surface area contributed by atoms with Crippen LogP contribution in [0.2, 0.25) is 5.02 Å². The van der Waals surface area contributed by atoms with Crippen molar-refractivity contribution in [3.63, 3.8) is 0 Å². The second kappa shape index (κ2) is 9.22. The molecule has 32 heavy (non-hydrogen) atoms. The van der Waals surface area contributed by atoms with Crippen LogP contribution in [0.15, 0.2) is 57.9 Å². The Bertz CT molecular complexity index is 1240. The van der Waals surface area contributed by atoms with Crippen molar-refractivity contribution in [1.82, 2.24) is 5.16 Å². The number of carbonyl (C=O) groups is 1. The number of carbonyl (C=O) groups excluding carboxylic acids is 1. The van der Waals surface area contributed by atoms with Gasteiger partial charge in [0.1, 0.15) is 4.90 Å². The lowest BCUT2D eigenvalue weighted by Crippen LogP contribution is -2.31. The highest BCUT2D eigenvalue weighted by molar-refractivity contribution is 7.93. The van der Waals surface area contributed by atoms with Crippen LogP contribution in [-0.2, 0) is 10.0 Å². The summed E-state index contributed by atoms with van der Waals surface area (Å²) in [5.41, 5.74) is 1.76. The molecule has 1 fully saturated rings. The van der Waals surface area contributed by atoms with Crippen molar-refractivity contribution >= 4 is 44.6 Å². The van der Waals surface area contributed by atoms with Crippen LogP contribution in [0.4, 0.5) is 17.1 Å². The number of sulfonamides is 1. The maximum absolute atomic E-state index is 13.4. The van der Waals surface area contributed by atoms with Gasteiger partial charge in [0.15, 0.2) is 0 Å². The lowest BCUT2D eigenvalue weighted by Gasteiger charge is -2.30. The molecule has 1 aromatic heterocycles. The molecule has 1 saturated heterocycles. The second-order valence-corrected chi connectivity index (χ2v) is 9.66. The fourth-order valence-corrected chi connectivity index (χ4v) is 5.18. The van der Waals surface area contributed by atoms with Crippen molar-refractivity contribution in [2.24, 2.45) is 0 Å². The highest BCUT2D eigenvalue weighted by Crippen LogP contribution is 2.33. The van der Waals surface area contributed by atoms with Gasteiger partial charge < -0.3 is 14.7 Å². The maximum Gasteiger partial charge on any atom is 0.294 e. The normalized spacial score (nSPS) is 14.2. The summed E-state index contributed by atoms with van der Waals surface area (Å²) in [5, 5.41) is 6.68. The van der Waals surface area contributed by atoms with E-state index in [1.165, 1.54) is 12.1 Å². The first-order valence-electron chi connectivity index (χ1n) is 10.2. The number of halogens is 1. The Balaban J connectivity index is 1.70. The summed E-state index contributed by atoms with van der Waals surface area (Å²) in [4.78, 5) is 14.6. The van der Waals surface area contributed by atoms with Gasteiger partial charge >= 0.3 is 0 Å². The third-order valence-electron chi connectivity index (χ3n) is 5.17. The summed E-state index contributed by atoms with van der Waals surface area (Å²) >= 11 is 6.17. The highest BCUT2D eigenvalue weighted by atomic mass is 35.5. The molecule has 3 aromatic rings. The smallest absolute Gasteiger partial charge is 0.294 e. The molecule has 10 heteroatoms. The number of anilines is 3. The van der Waals surface area contributed by atoms with E-state index in [9.17, 15) is 13.2 Å². The van der Waals surface area contributed by atoms with Gasteiger partial charge in [-0.25, -0.2) is 8.42 Å². The fourth-order valence-electron chi connectivity index (χ4n) is 3.61. The average molecular weight is 475 g/mol. The highest BCUT2D eigenvalue weighted by Gasteiger charge is 2.25. The molecule has 0 atom stereocenters. The standard InChI is InChI=1S/C22H23ClN4O4S/c1-15-13-20(31-25-15)22(28)24-16-9-10-19(27-11-5-2-6-12-27)21(14-16)32(29,30)26-18-8-4-3-7-17(18)23/h3-4,7-10,13-14,26H,2,5-6,11-12H2,1H3,(H,24,28). The maximum atomic E-state index is 13.4. The average Bonchev–Trinajstić information content (AvgIpc) is 3.22. The topological polar surface area (TPSA) is 105 Å². The van der Waals surface area contributed by atoms with Gasteiger partial charge in [0.05, 0.1) is 22.1 Å². The Labute approximate surface area is 191 Å². The number of nitrogens with one attached hydrogen (secondary N) is 2. The van der Waals surface area contributed by atoms with E-state index in [1.54, 1.807) is 43.3 Å². The van der Waals surface area contributed by atoms with Crippen molar-refractivity contribution in [3.8, 4) is 0 Å². The number of piperidine rings is 1. The van der Waals surface area contributed by atoms with E-state index in [-0.39, 0.29) is 16.3 Å². The number of hydrogen-bond donors (Lipinski definition) is 2. The molecule has 0 aliphatic carbocycles. The molecule has 8 nitrogen and oxygen atoms in total. The molecule has 2 N–H and O–H groups in total. The van der Waals surface area contributed by atoms with Crippen molar-refractivity contribution in [2.75, 3.05) is 28.0 Å². The molecule has 0 bridgehead atoms. The van der Waals surface area contributed by atoms with Crippen molar-refractivity contribution in [2.45, 2.75) is 31.1 Å². The first kappa shape index (κ1) is 22.2. The van der Waals surface area contributed by atoms with Crippen molar-refractivity contribution < 1.29 is 17.7 Å². The van der Waals surface area contributed by atoms with Crippen LogP contribution < -0.4 is 14.9 Å². The second-order valence-electron chi connectivity index (χ2n) is 7.60. The van der Waals surface area contributed by atoms with Crippen LogP contribution >= 0.6 is 11.6 Å². The van der Waals surface area contributed by atoms with Crippen molar-refractivity contribution in [3.05, 3.63) is 65.0 Å². The molecule has 0 spiro atoms. The van der Waals surface area contributed by atoms with Gasteiger partial charge in [0.2, 0.25) is 5.76 Å². The van der Waals surface area contributed by atoms with Crippen LogP contribution in [0.25, 0.3) is 0 Å². The molecule has 2 aromatic carbocycles. The van der Waals surface area contributed by atoms with Gasteiger partial charge in [0.25, 0.3) is 15.9 Å². The Morgan fingerprint density at radius 2 is 1.84 bits per heavy atom. The number of nitrogens with zero attached hydrogens (tertiary/aromatic N) is 2. The first-order valence-corrected chi connectivity index (χ1v) is 12.1. The molecule has 2 heterocycles. The summed E-state index contributed by atoms with van der Waals surface area (Å²) in [6.45, 7) is 3.23. The number of benzene rings is 2. The fraction of sp³-hybridized carbons (Fsp3) is 0.273. The third kappa shape index (κ3) is 4.89. The molecule has 1 aliphatic heterocycles. The quantitative estimate of drug-likeness (QED) is 0.537. The molecule has 1 aliphatic rings. The van der Waals surface area contributed by atoms with Crippen LogP contribution in [0.3, 0.4) is 0 Å². The van der Waals surface area contributed by atoms with Gasteiger partial charge in [-0.2, -0.15) is 0 Å². The Kier molecular flexibility index (Phi) is 6.38. The summed E-state index contributed by atoms with van der Waals surface area (Å²) in [6, 6.07) is 13.0. The number of aryl methyl sites for hydroxylation is 1. The predicted octanol–water partition coefficient (Wildman–Crippen LogP) is 4.68. The number of amides is 1. The predicted molar refractivity (Wildman–Crippen MR) is 124 cm³/mol. The lowest BCUT2D eigenvalue weighted by molar-refractivity contribution is 0.0988. The van der Waals surface area contributed by atoms with Crippen LogP contribution in [-0.4, -0.2) is 32.6 Å². The summed E-state index contributed by atoms with van der Waals surface area (Å²) < 4.78 is 34.3. The van der Waals surface area contributed by atoms with Gasteiger partial charge in [-0.3, -0.25) is 9.52 Å². The zero-order chi connectivity index (χ0) is 22.7. The molecule has 168 valence electrons. The Morgan fingerprint density at radius 3 is 2.53 bits per heavy atom. The molecule has 4 rings (SSSR count). The van der Waals surface area contributed by atoms with Crippen LogP contribution in [0, 0.1) is 6.92 Å². The van der Waals surface area contributed by atoms with Gasteiger partial charge in [-0.05, 0) is 56.5 Å². The minimum atomic E-state index is -4.00. The number of rotatable bonds is 6. The third-order valence-corrected chi connectivity index (χ3v) is 6.90. The SMILES string of the molecule is Cc1cc(C(=O)Nc2ccc(N3CCCCC3)c(S(=O)(=O)Nc3ccccc3Cl)c2)on1.